The molecule has 0 aliphatic heterocycles. The van der Waals surface area contributed by atoms with Gasteiger partial charge in [-0.1, -0.05) is 57.2 Å². The largest absolute Gasteiger partial charge is 0.414 e. The van der Waals surface area contributed by atoms with Gasteiger partial charge in [0.15, 0.2) is 8.32 Å². The highest BCUT2D eigenvalue weighted by atomic mass is 127. The van der Waals surface area contributed by atoms with Crippen molar-refractivity contribution in [3.05, 3.63) is 0 Å². The van der Waals surface area contributed by atoms with Gasteiger partial charge in [0, 0.05) is 10.5 Å². The Bertz CT molecular complexity index is 187. The third-order valence-electron chi connectivity index (χ3n) is 3.53. The lowest BCUT2D eigenvalue weighted by Gasteiger charge is -2.40. The van der Waals surface area contributed by atoms with Gasteiger partial charge in [-0.05, 0) is 30.5 Å². The summed E-state index contributed by atoms with van der Waals surface area (Å²) in [5.41, 5.74) is 0. The van der Waals surface area contributed by atoms with Crippen molar-refractivity contribution in [2.24, 2.45) is 5.92 Å². The van der Waals surface area contributed by atoms with E-state index in [4.69, 9.17) is 4.43 Å². The minimum Gasteiger partial charge on any atom is -0.414 e. The zero-order chi connectivity index (χ0) is 12.3. The van der Waals surface area contributed by atoms with E-state index in [2.05, 4.69) is 70.3 Å². The normalized spacial score (nSPS) is 17.6. The molecule has 0 saturated heterocycles. The van der Waals surface area contributed by atoms with Crippen LogP contribution in [0.5, 0.6) is 0 Å². The number of alkyl halides is 1. The molecule has 92 valence electrons. The van der Waals surface area contributed by atoms with Crippen molar-refractivity contribution >= 4 is 30.9 Å². The number of hydrogen-bond donors (Lipinski definition) is 0. The van der Waals surface area contributed by atoms with Crippen LogP contribution < -0.4 is 0 Å². The van der Waals surface area contributed by atoms with Crippen LogP contribution in [0.3, 0.4) is 0 Å². The fourth-order valence-electron chi connectivity index (χ4n) is 1.26. The van der Waals surface area contributed by atoms with Crippen LogP contribution in [-0.4, -0.2) is 18.8 Å². The second kappa shape index (κ2) is 6.01. The molecule has 0 saturated carbocycles. The summed E-state index contributed by atoms with van der Waals surface area (Å²) in [6.45, 7) is 16.1. The van der Waals surface area contributed by atoms with Crippen molar-refractivity contribution in [2.45, 2.75) is 65.3 Å². The Morgan fingerprint density at radius 3 is 2.00 bits per heavy atom. The molecule has 0 N–H and O–H groups in total. The van der Waals surface area contributed by atoms with Crippen molar-refractivity contribution in [2.75, 3.05) is 4.43 Å². The summed E-state index contributed by atoms with van der Waals surface area (Å²) >= 11 is 2.46. The topological polar surface area (TPSA) is 9.23 Å². The molecule has 1 nitrogen and oxygen atoms in total. The zero-order valence-corrected chi connectivity index (χ0v) is 14.5. The van der Waals surface area contributed by atoms with Crippen molar-refractivity contribution in [3.8, 4) is 0 Å². The highest BCUT2D eigenvalue weighted by Gasteiger charge is 2.39. The van der Waals surface area contributed by atoms with E-state index in [-0.39, 0.29) is 0 Å². The van der Waals surface area contributed by atoms with E-state index in [0.29, 0.717) is 17.1 Å². The lowest BCUT2D eigenvalue weighted by Crippen LogP contribution is -2.45. The molecule has 0 aliphatic rings. The molecule has 0 unspecified atom stereocenters. The van der Waals surface area contributed by atoms with Gasteiger partial charge in [0.1, 0.15) is 0 Å². The molecule has 0 bridgehead atoms. The first kappa shape index (κ1) is 15.9. The average molecular weight is 342 g/mol. The van der Waals surface area contributed by atoms with Crippen LogP contribution in [0, 0.1) is 5.92 Å². The molecule has 15 heavy (non-hydrogen) atoms. The quantitative estimate of drug-likeness (QED) is 0.394. The molecule has 0 aromatic rings. The Morgan fingerprint density at radius 2 is 1.73 bits per heavy atom. The molecule has 0 heterocycles. The van der Waals surface area contributed by atoms with Crippen LogP contribution in [0.2, 0.25) is 18.1 Å². The standard InChI is InChI=1S/C12H27IOSi/c1-8-11(10(2)9-13)14-15(6,7)12(3,4)5/h10-11H,8-9H2,1-7H3/t10-,11+/m1/s1. The molecular weight excluding hydrogens is 315 g/mol. The zero-order valence-electron chi connectivity index (χ0n) is 11.4. The van der Waals surface area contributed by atoms with E-state index in [0.717, 1.165) is 6.42 Å². The van der Waals surface area contributed by atoms with Crippen LogP contribution >= 0.6 is 22.6 Å². The molecule has 0 spiro atoms. The van der Waals surface area contributed by atoms with E-state index in [1.54, 1.807) is 0 Å². The second-order valence-corrected chi connectivity index (χ2v) is 11.6. The molecule has 0 radical (unpaired) electrons. The number of rotatable bonds is 5. The summed E-state index contributed by atoms with van der Waals surface area (Å²) in [5, 5.41) is 0.325. The molecule has 0 aromatic heterocycles. The molecule has 2 atom stereocenters. The SMILES string of the molecule is CC[C@H](O[Si](C)(C)C(C)(C)C)[C@H](C)CI. The third kappa shape index (κ3) is 4.73. The molecule has 0 fully saturated rings. The van der Waals surface area contributed by atoms with Crippen LogP contribution in [-0.2, 0) is 4.43 Å². The lowest BCUT2D eigenvalue weighted by atomic mass is 10.1. The van der Waals surface area contributed by atoms with Gasteiger partial charge >= 0.3 is 0 Å². The van der Waals surface area contributed by atoms with Crippen LogP contribution in [0.25, 0.3) is 0 Å². The smallest absolute Gasteiger partial charge is 0.192 e. The molecule has 0 aromatic carbocycles. The van der Waals surface area contributed by atoms with Gasteiger partial charge in [0.25, 0.3) is 0 Å². The molecular formula is C12H27IOSi. The summed E-state index contributed by atoms with van der Waals surface area (Å²) in [6, 6.07) is 0. The number of hydrogen-bond acceptors (Lipinski definition) is 1. The highest BCUT2D eigenvalue weighted by Crippen LogP contribution is 2.38. The van der Waals surface area contributed by atoms with Crippen LogP contribution in [0.4, 0.5) is 0 Å². The second-order valence-electron chi connectivity index (χ2n) is 5.96. The molecule has 0 aliphatic carbocycles. The Morgan fingerprint density at radius 1 is 1.27 bits per heavy atom. The Labute approximate surface area is 111 Å². The minimum atomic E-state index is -1.57. The van der Waals surface area contributed by atoms with Gasteiger partial charge in [-0.2, -0.15) is 0 Å². The first-order valence-electron chi connectivity index (χ1n) is 5.89. The van der Waals surface area contributed by atoms with Crippen molar-refractivity contribution in [3.63, 3.8) is 0 Å². The first-order chi connectivity index (χ1) is 6.65. The van der Waals surface area contributed by atoms with E-state index >= 15 is 0 Å². The number of halogens is 1. The van der Waals surface area contributed by atoms with Crippen molar-refractivity contribution in [1.29, 1.82) is 0 Å². The molecule has 3 heteroatoms. The Hall–Kier alpha value is 0.907. The summed E-state index contributed by atoms with van der Waals surface area (Å²) in [5.74, 6) is 0.671. The predicted octanol–water partition coefficient (Wildman–Crippen LogP) is 4.86. The monoisotopic (exact) mass is 342 g/mol. The summed E-state index contributed by atoms with van der Waals surface area (Å²) < 4.78 is 7.62. The summed E-state index contributed by atoms with van der Waals surface area (Å²) in [7, 11) is -1.57. The minimum absolute atomic E-state index is 0.325. The summed E-state index contributed by atoms with van der Waals surface area (Å²) in [6.07, 6.45) is 1.58. The fourth-order valence-corrected chi connectivity index (χ4v) is 3.33. The molecule has 0 amide bonds. The third-order valence-corrected chi connectivity index (χ3v) is 9.43. The highest BCUT2D eigenvalue weighted by molar-refractivity contribution is 14.1. The lowest BCUT2D eigenvalue weighted by molar-refractivity contribution is 0.133. The van der Waals surface area contributed by atoms with Gasteiger partial charge < -0.3 is 4.43 Å². The van der Waals surface area contributed by atoms with Gasteiger partial charge in [0.2, 0.25) is 0 Å². The van der Waals surface area contributed by atoms with Crippen molar-refractivity contribution in [1.82, 2.24) is 0 Å². The van der Waals surface area contributed by atoms with Crippen LogP contribution in [0.15, 0.2) is 0 Å². The maximum Gasteiger partial charge on any atom is 0.192 e. The van der Waals surface area contributed by atoms with E-state index in [1.165, 1.54) is 4.43 Å². The molecule has 0 rings (SSSR count). The maximum atomic E-state index is 6.44. The van der Waals surface area contributed by atoms with Crippen molar-refractivity contribution < 1.29 is 4.43 Å². The van der Waals surface area contributed by atoms with Crippen LogP contribution in [0.1, 0.15) is 41.0 Å². The maximum absolute atomic E-state index is 6.44. The fraction of sp³-hybridized carbons (Fsp3) is 1.00. The van der Waals surface area contributed by atoms with Gasteiger partial charge in [-0.25, -0.2) is 0 Å². The van der Waals surface area contributed by atoms with Gasteiger partial charge in [-0.15, -0.1) is 0 Å². The predicted molar refractivity (Wildman–Crippen MR) is 80.4 cm³/mol. The van der Waals surface area contributed by atoms with Gasteiger partial charge in [0.05, 0.1) is 0 Å². The van der Waals surface area contributed by atoms with E-state index in [1.807, 2.05) is 0 Å². The Balaban J connectivity index is 4.54. The Kier molecular flexibility index (Phi) is 6.37. The average Bonchev–Trinajstić information content (AvgIpc) is 2.11. The van der Waals surface area contributed by atoms with E-state index < -0.39 is 8.32 Å². The summed E-state index contributed by atoms with van der Waals surface area (Å²) in [4.78, 5) is 0. The first-order valence-corrected chi connectivity index (χ1v) is 10.3. The van der Waals surface area contributed by atoms with Gasteiger partial charge in [-0.3, -0.25) is 0 Å². The van der Waals surface area contributed by atoms with E-state index in [9.17, 15) is 0 Å².